The maximum Gasteiger partial charge on any atom is 0.259 e. The number of hydrogen-bond donors (Lipinski definition) is 1. The van der Waals surface area contributed by atoms with Gasteiger partial charge in [-0.2, -0.15) is 10.4 Å². The summed E-state index contributed by atoms with van der Waals surface area (Å²) in [7, 11) is 0. The predicted octanol–water partition coefficient (Wildman–Crippen LogP) is 3.47. The molecule has 0 fully saturated rings. The molecule has 7 heteroatoms. The smallest absolute Gasteiger partial charge is 0.259 e. The van der Waals surface area contributed by atoms with Crippen molar-refractivity contribution < 1.29 is 13.9 Å². The Labute approximate surface area is 149 Å². The molecule has 0 aliphatic carbocycles. The number of carbonyl (C=O) groups excluding carboxylic acids is 1. The monoisotopic (exact) mass is 350 g/mol. The zero-order valence-electron chi connectivity index (χ0n) is 13.9. The van der Waals surface area contributed by atoms with Gasteiger partial charge in [0, 0.05) is 11.8 Å². The molecule has 0 atom stereocenters. The second-order valence-electron chi connectivity index (χ2n) is 5.46. The molecular weight excluding hydrogens is 335 g/mol. The molecule has 2 aromatic carbocycles. The Balaban J connectivity index is 1.79. The number of nitriles is 1. The average Bonchev–Trinajstić information content (AvgIpc) is 3.02. The van der Waals surface area contributed by atoms with E-state index in [2.05, 4.69) is 10.4 Å². The third-order valence-corrected chi connectivity index (χ3v) is 3.72. The van der Waals surface area contributed by atoms with Crippen LogP contribution in [0.2, 0.25) is 0 Å². The molecule has 0 saturated heterocycles. The van der Waals surface area contributed by atoms with Gasteiger partial charge in [0.15, 0.2) is 6.61 Å². The summed E-state index contributed by atoms with van der Waals surface area (Å²) in [5, 5.41) is 15.5. The van der Waals surface area contributed by atoms with Crippen molar-refractivity contribution >= 4 is 11.6 Å². The van der Waals surface area contributed by atoms with Crippen molar-refractivity contribution in [3.63, 3.8) is 0 Å². The molecular formula is C19H15FN4O2. The summed E-state index contributed by atoms with van der Waals surface area (Å²) in [6.45, 7) is 1.69. The molecule has 0 bridgehead atoms. The van der Waals surface area contributed by atoms with E-state index in [9.17, 15) is 9.18 Å². The van der Waals surface area contributed by atoms with Gasteiger partial charge in [-0.05, 0) is 43.3 Å². The second-order valence-corrected chi connectivity index (χ2v) is 5.46. The maximum absolute atomic E-state index is 13.1. The molecule has 0 aliphatic rings. The van der Waals surface area contributed by atoms with E-state index >= 15 is 0 Å². The van der Waals surface area contributed by atoms with Crippen molar-refractivity contribution in [3.05, 3.63) is 71.8 Å². The summed E-state index contributed by atoms with van der Waals surface area (Å²) in [6.07, 6.45) is 1.46. The fourth-order valence-electron chi connectivity index (χ4n) is 2.45. The molecule has 3 rings (SSSR count). The first-order valence-corrected chi connectivity index (χ1v) is 7.80. The van der Waals surface area contributed by atoms with Gasteiger partial charge in [0.2, 0.25) is 0 Å². The highest BCUT2D eigenvalue weighted by atomic mass is 19.1. The number of nitrogens with one attached hydrogen (secondary N) is 1. The zero-order chi connectivity index (χ0) is 18.5. The van der Waals surface area contributed by atoms with Crippen LogP contribution in [0.15, 0.2) is 54.7 Å². The molecule has 0 unspecified atom stereocenters. The lowest BCUT2D eigenvalue weighted by molar-refractivity contribution is 0.102. The second kappa shape index (κ2) is 7.49. The van der Waals surface area contributed by atoms with E-state index in [1.807, 2.05) is 6.07 Å². The first kappa shape index (κ1) is 17.2. The fraction of sp³-hybridized carbons (Fsp3) is 0.105. The average molecular weight is 350 g/mol. The number of aromatic nitrogens is 2. The van der Waals surface area contributed by atoms with E-state index in [4.69, 9.17) is 10.00 Å². The van der Waals surface area contributed by atoms with Crippen molar-refractivity contribution in [2.24, 2.45) is 0 Å². The van der Waals surface area contributed by atoms with E-state index in [0.717, 1.165) is 0 Å². The summed E-state index contributed by atoms with van der Waals surface area (Å²) >= 11 is 0. The number of hydrogen-bond acceptors (Lipinski definition) is 4. The van der Waals surface area contributed by atoms with Crippen molar-refractivity contribution in [2.45, 2.75) is 6.92 Å². The van der Waals surface area contributed by atoms with Gasteiger partial charge >= 0.3 is 0 Å². The van der Waals surface area contributed by atoms with Gasteiger partial charge in [0.25, 0.3) is 5.91 Å². The normalized spacial score (nSPS) is 10.2. The van der Waals surface area contributed by atoms with E-state index in [1.165, 1.54) is 18.3 Å². The summed E-state index contributed by atoms with van der Waals surface area (Å²) < 4.78 is 19.9. The number of ether oxygens (including phenoxy) is 1. The van der Waals surface area contributed by atoms with Crippen LogP contribution in [0.5, 0.6) is 5.75 Å². The minimum Gasteiger partial charge on any atom is -0.479 e. The van der Waals surface area contributed by atoms with Crippen LogP contribution in [0.25, 0.3) is 5.69 Å². The molecule has 130 valence electrons. The Kier molecular flexibility index (Phi) is 4.94. The number of nitrogens with zero attached hydrogens (tertiary/aromatic N) is 3. The molecule has 1 aromatic heterocycles. The van der Waals surface area contributed by atoms with Crippen molar-refractivity contribution in [2.75, 3.05) is 11.9 Å². The van der Waals surface area contributed by atoms with Crippen LogP contribution in [-0.4, -0.2) is 22.3 Å². The molecule has 1 amide bonds. The Morgan fingerprint density at radius 3 is 2.81 bits per heavy atom. The predicted molar refractivity (Wildman–Crippen MR) is 93.8 cm³/mol. The van der Waals surface area contributed by atoms with Gasteiger partial charge in [-0.25, -0.2) is 9.07 Å². The standard InChI is InChI=1S/C19H15FN4O2/c1-13-18(12-22-24(13)16-7-5-14(20)6-8-16)19(25)23-15-3-2-4-17(11-15)26-10-9-21/h2-8,11-12H,10H2,1H3,(H,23,25). The zero-order valence-corrected chi connectivity index (χ0v) is 13.9. The Morgan fingerprint density at radius 2 is 2.08 bits per heavy atom. The summed E-state index contributed by atoms with van der Waals surface area (Å²) in [5.41, 5.74) is 2.23. The summed E-state index contributed by atoms with van der Waals surface area (Å²) in [5.74, 6) is -0.175. The molecule has 0 saturated carbocycles. The number of rotatable bonds is 5. The van der Waals surface area contributed by atoms with Crippen LogP contribution >= 0.6 is 0 Å². The van der Waals surface area contributed by atoms with Gasteiger partial charge in [-0.15, -0.1) is 0 Å². The van der Waals surface area contributed by atoms with Crippen LogP contribution in [0.4, 0.5) is 10.1 Å². The van der Waals surface area contributed by atoms with Gasteiger partial charge < -0.3 is 10.1 Å². The van der Waals surface area contributed by atoms with Crippen LogP contribution in [-0.2, 0) is 0 Å². The minimum absolute atomic E-state index is 0.0685. The molecule has 26 heavy (non-hydrogen) atoms. The molecule has 0 spiro atoms. The topological polar surface area (TPSA) is 79.9 Å². The van der Waals surface area contributed by atoms with Gasteiger partial charge in [-0.3, -0.25) is 4.79 Å². The van der Waals surface area contributed by atoms with E-state index in [0.29, 0.717) is 28.4 Å². The van der Waals surface area contributed by atoms with Crippen molar-refractivity contribution in [3.8, 4) is 17.5 Å². The lowest BCUT2D eigenvalue weighted by Gasteiger charge is -2.08. The van der Waals surface area contributed by atoms with Crippen molar-refractivity contribution in [1.29, 1.82) is 5.26 Å². The SMILES string of the molecule is Cc1c(C(=O)Nc2cccc(OCC#N)c2)cnn1-c1ccc(F)cc1. The molecule has 1 heterocycles. The quantitative estimate of drug-likeness (QED) is 0.764. The van der Waals surface area contributed by atoms with E-state index < -0.39 is 0 Å². The lowest BCUT2D eigenvalue weighted by atomic mass is 10.2. The van der Waals surface area contributed by atoms with Crippen LogP contribution in [0.1, 0.15) is 16.1 Å². The largest absolute Gasteiger partial charge is 0.479 e. The first-order valence-electron chi connectivity index (χ1n) is 7.80. The third-order valence-electron chi connectivity index (χ3n) is 3.72. The van der Waals surface area contributed by atoms with Gasteiger partial charge in [-0.1, -0.05) is 6.07 Å². The van der Waals surface area contributed by atoms with E-state index in [-0.39, 0.29) is 18.3 Å². The molecule has 0 aliphatic heterocycles. The first-order chi connectivity index (χ1) is 12.6. The number of benzene rings is 2. The van der Waals surface area contributed by atoms with Crippen LogP contribution in [0.3, 0.4) is 0 Å². The number of anilines is 1. The Hall–Kier alpha value is -3.66. The molecule has 1 N–H and O–H groups in total. The Morgan fingerprint density at radius 1 is 1.31 bits per heavy atom. The van der Waals surface area contributed by atoms with Gasteiger partial charge in [0.1, 0.15) is 17.6 Å². The lowest BCUT2D eigenvalue weighted by Crippen LogP contribution is -2.13. The highest BCUT2D eigenvalue weighted by Crippen LogP contribution is 2.20. The highest BCUT2D eigenvalue weighted by Gasteiger charge is 2.15. The summed E-state index contributed by atoms with van der Waals surface area (Å²) in [4.78, 5) is 12.5. The van der Waals surface area contributed by atoms with Crippen LogP contribution in [0, 0.1) is 24.1 Å². The molecule has 3 aromatic rings. The molecule has 0 radical (unpaired) electrons. The number of carbonyl (C=O) groups is 1. The number of halogens is 1. The Bertz CT molecular complexity index is 974. The van der Waals surface area contributed by atoms with Gasteiger partial charge in [0.05, 0.1) is 23.1 Å². The fourth-order valence-corrected chi connectivity index (χ4v) is 2.45. The minimum atomic E-state index is -0.338. The third kappa shape index (κ3) is 3.70. The maximum atomic E-state index is 13.1. The van der Waals surface area contributed by atoms with Crippen molar-refractivity contribution in [1.82, 2.24) is 9.78 Å². The van der Waals surface area contributed by atoms with Crippen LogP contribution < -0.4 is 10.1 Å². The highest BCUT2D eigenvalue weighted by molar-refractivity contribution is 6.05. The molecule has 6 nitrogen and oxygen atoms in total. The van der Waals surface area contributed by atoms with E-state index in [1.54, 1.807) is 48.0 Å². The summed E-state index contributed by atoms with van der Waals surface area (Å²) in [6, 6.07) is 14.5. The number of amides is 1.